The normalized spacial score (nSPS) is 13.3. The summed E-state index contributed by atoms with van der Waals surface area (Å²) in [5, 5.41) is 18.9. The molecule has 0 aromatic heterocycles. The number of esters is 4. The number of unbranched alkanes of at least 4 members (excludes halogenated alkanes) is 6. The van der Waals surface area contributed by atoms with E-state index in [9.17, 15) is 47.9 Å². The van der Waals surface area contributed by atoms with Crippen LogP contribution in [-0.4, -0.2) is 132 Å². The predicted molar refractivity (Wildman–Crippen MR) is 312 cm³/mol. The predicted octanol–water partition coefficient (Wildman–Crippen LogP) is 8.17. The molecule has 0 bridgehead atoms. The lowest BCUT2D eigenvalue weighted by atomic mass is 10.0. The van der Waals surface area contributed by atoms with Crippen LogP contribution in [0.4, 0.5) is 14.4 Å². The molecule has 23 heteroatoms. The largest absolute Gasteiger partial charge is 0.460 e. The number of amides is 7. The Balaban J connectivity index is 2.85. The summed E-state index contributed by atoms with van der Waals surface area (Å²) in [6, 6.07) is 3.73. The van der Waals surface area contributed by atoms with Crippen molar-refractivity contribution in [3.63, 3.8) is 0 Å². The van der Waals surface area contributed by atoms with E-state index < -0.39 is 100 Å². The third kappa shape index (κ3) is 40.2. The van der Waals surface area contributed by atoms with Crippen molar-refractivity contribution < 1.29 is 76.4 Å². The number of alkyl carbamates (subject to hydrolysis) is 2. The highest BCUT2D eigenvalue weighted by molar-refractivity contribution is 5.91. The minimum Gasteiger partial charge on any atom is -0.460 e. The summed E-state index contributed by atoms with van der Waals surface area (Å²) in [5.41, 5.74) is -3.28. The van der Waals surface area contributed by atoms with Crippen molar-refractivity contribution in [3.05, 3.63) is 35.9 Å². The first kappa shape index (κ1) is 74.3. The molecule has 83 heavy (non-hydrogen) atoms. The van der Waals surface area contributed by atoms with Crippen molar-refractivity contribution in [2.24, 2.45) is 0 Å². The first-order chi connectivity index (χ1) is 38.4. The number of nitrogens with one attached hydrogen (secondary N) is 7. The molecule has 0 unspecified atom stereocenters. The highest BCUT2D eigenvalue weighted by atomic mass is 16.6. The maximum absolute atomic E-state index is 13.9. The maximum Gasteiger partial charge on any atom is 0.407 e. The second kappa shape index (κ2) is 36.8. The molecule has 23 nitrogen and oxygen atoms in total. The average Bonchev–Trinajstić information content (AvgIpc) is 3.39. The average molecular weight is 1180 g/mol. The number of urea groups is 1. The van der Waals surface area contributed by atoms with E-state index in [0.29, 0.717) is 51.5 Å². The molecule has 0 saturated heterocycles. The zero-order valence-corrected chi connectivity index (χ0v) is 52.4. The first-order valence-electron chi connectivity index (χ1n) is 29.2. The van der Waals surface area contributed by atoms with Crippen molar-refractivity contribution in [1.82, 2.24) is 37.2 Å². The zero-order chi connectivity index (χ0) is 63.0. The molecular weight excluding hydrogens is 1070 g/mol. The van der Waals surface area contributed by atoms with E-state index >= 15 is 0 Å². The van der Waals surface area contributed by atoms with Gasteiger partial charge in [-0.3, -0.25) is 19.2 Å². The summed E-state index contributed by atoms with van der Waals surface area (Å²) >= 11 is 0. The van der Waals surface area contributed by atoms with Crippen LogP contribution in [0.5, 0.6) is 0 Å². The highest BCUT2D eigenvalue weighted by Crippen LogP contribution is 2.17. The van der Waals surface area contributed by atoms with Crippen molar-refractivity contribution >= 4 is 59.8 Å². The summed E-state index contributed by atoms with van der Waals surface area (Å²) in [7, 11) is 0. The molecule has 1 rings (SSSR count). The van der Waals surface area contributed by atoms with Crippen LogP contribution in [-0.2, 0) is 68.6 Å². The lowest BCUT2D eigenvalue weighted by Gasteiger charge is -2.27. The molecule has 0 heterocycles. The van der Waals surface area contributed by atoms with Crippen molar-refractivity contribution in [2.45, 2.75) is 265 Å². The topological polar surface area (TPSA) is 310 Å². The molecule has 1 aromatic rings. The molecule has 472 valence electrons. The number of carbonyl (C=O) groups excluding carboxylic acids is 10. The Morgan fingerprint density at radius 3 is 1.31 bits per heavy atom. The molecule has 0 aliphatic carbocycles. The van der Waals surface area contributed by atoms with Gasteiger partial charge in [-0.1, -0.05) is 49.6 Å². The molecule has 7 N–H and O–H groups in total. The van der Waals surface area contributed by atoms with Gasteiger partial charge in [-0.05, 0) is 174 Å². The number of ether oxygens (including phenoxy) is 6. The first-order valence-corrected chi connectivity index (χ1v) is 29.2. The molecule has 0 spiro atoms. The maximum atomic E-state index is 13.9. The SMILES string of the molecule is CC(C)(C)OC(=O)CC[C@H](NC(=O)N[C@@H](CCC(=O)NCCCCCCCC(=O)N[C@@H](CCCCNC(=O)OC(C)(C)C)C(=O)N[C@@H](CCCCNC(=O)OCc1ccccc1)C(=O)OC(C)(C)C)C(=O)OC(C)(C)C)C(=O)OC(C)(C)C. The summed E-state index contributed by atoms with van der Waals surface area (Å²) in [4.78, 5) is 130. The number of benzene rings is 1. The number of rotatable bonds is 34. The summed E-state index contributed by atoms with van der Waals surface area (Å²) in [6.45, 7) is 26.4. The van der Waals surface area contributed by atoms with E-state index in [-0.39, 0.29) is 76.5 Å². The van der Waals surface area contributed by atoms with Crippen LogP contribution in [0.1, 0.15) is 212 Å². The highest BCUT2D eigenvalue weighted by Gasteiger charge is 2.33. The van der Waals surface area contributed by atoms with E-state index in [1.807, 2.05) is 30.3 Å². The third-order valence-corrected chi connectivity index (χ3v) is 11.3. The van der Waals surface area contributed by atoms with Crippen LogP contribution >= 0.6 is 0 Å². The van der Waals surface area contributed by atoms with Crippen LogP contribution < -0.4 is 37.2 Å². The minimum absolute atomic E-state index is 0.116. The Morgan fingerprint density at radius 1 is 0.386 bits per heavy atom. The van der Waals surface area contributed by atoms with Crippen LogP contribution in [0.15, 0.2) is 30.3 Å². The number of hydrogen-bond acceptors (Lipinski definition) is 16. The quantitative estimate of drug-likeness (QED) is 0.0194. The fraction of sp³-hybridized carbons (Fsp3) is 0.733. The molecule has 0 aliphatic rings. The zero-order valence-electron chi connectivity index (χ0n) is 52.4. The lowest BCUT2D eigenvalue weighted by Crippen LogP contribution is -2.53. The van der Waals surface area contributed by atoms with E-state index in [1.165, 1.54) is 0 Å². The number of hydrogen-bond donors (Lipinski definition) is 7. The van der Waals surface area contributed by atoms with Gasteiger partial charge >= 0.3 is 42.1 Å². The fourth-order valence-corrected chi connectivity index (χ4v) is 7.63. The summed E-state index contributed by atoms with van der Waals surface area (Å²) < 4.78 is 32.6. The van der Waals surface area contributed by atoms with Crippen molar-refractivity contribution in [2.75, 3.05) is 19.6 Å². The van der Waals surface area contributed by atoms with Gasteiger partial charge in [0, 0.05) is 38.9 Å². The van der Waals surface area contributed by atoms with Gasteiger partial charge in [-0.15, -0.1) is 0 Å². The molecule has 0 fully saturated rings. The van der Waals surface area contributed by atoms with Crippen LogP contribution in [0.25, 0.3) is 0 Å². The van der Waals surface area contributed by atoms with Crippen LogP contribution in [0, 0.1) is 0 Å². The van der Waals surface area contributed by atoms with E-state index in [0.717, 1.165) is 18.4 Å². The van der Waals surface area contributed by atoms with Gasteiger partial charge in [0.2, 0.25) is 17.7 Å². The van der Waals surface area contributed by atoms with Gasteiger partial charge in [0.05, 0.1) is 0 Å². The smallest absolute Gasteiger partial charge is 0.407 e. The lowest BCUT2D eigenvalue weighted by molar-refractivity contribution is -0.160. The van der Waals surface area contributed by atoms with Gasteiger partial charge in [0.25, 0.3) is 0 Å². The summed E-state index contributed by atoms with van der Waals surface area (Å²) in [6.07, 6.45) is 3.81. The van der Waals surface area contributed by atoms with Gasteiger partial charge in [0.1, 0.15) is 58.8 Å². The second-order valence-corrected chi connectivity index (χ2v) is 25.4. The van der Waals surface area contributed by atoms with Crippen LogP contribution in [0.2, 0.25) is 0 Å². The van der Waals surface area contributed by atoms with Gasteiger partial charge < -0.3 is 65.6 Å². The standard InChI is InChI=1S/C60H101N7O16/c1-56(2,3)79-48(70)36-34-45(52(74)82-59(10,11)12)67-53(75)66-44(51(73)81-58(7,8)9)33-35-46(68)61-37-25-18-16-17-22-32-47(69)64-42(30-23-26-39-63-55(77)83-60(13,14)15)49(71)65-43(50(72)80-57(4,5)6)31-24-27-38-62-54(76)78-40-41-28-20-19-21-29-41/h19-21,28-29,42-45H,16-18,22-27,30-40H2,1-15H3,(H,61,68)(H,62,76)(H,63,77)(H,64,69)(H,65,71)(H2,66,67,75)/t42-,43-,44-,45-/m0/s1. The van der Waals surface area contributed by atoms with Gasteiger partial charge in [-0.2, -0.15) is 0 Å². The Kier molecular flexibility index (Phi) is 33.0. The molecule has 7 amide bonds. The third-order valence-electron chi connectivity index (χ3n) is 11.3. The van der Waals surface area contributed by atoms with Crippen LogP contribution in [0.3, 0.4) is 0 Å². The monoisotopic (exact) mass is 1180 g/mol. The fourth-order valence-electron chi connectivity index (χ4n) is 7.63. The van der Waals surface area contributed by atoms with E-state index in [4.69, 9.17) is 28.4 Å². The Hall–Kier alpha value is -6.68. The van der Waals surface area contributed by atoms with Gasteiger partial charge in [0.15, 0.2) is 0 Å². The summed E-state index contributed by atoms with van der Waals surface area (Å²) in [5.74, 6) is -4.11. The molecular formula is C60H101N7O16. The molecule has 0 radical (unpaired) electrons. The Bertz CT molecular complexity index is 2210. The minimum atomic E-state index is -1.27. The van der Waals surface area contributed by atoms with Crippen molar-refractivity contribution in [1.29, 1.82) is 0 Å². The van der Waals surface area contributed by atoms with E-state index in [1.54, 1.807) is 104 Å². The Morgan fingerprint density at radius 2 is 0.807 bits per heavy atom. The second-order valence-electron chi connectivity index (χ2n) is 25.4. The molecule has 4 atom stereocenters. The molecule has 0 aliphatic heterocycles. The number of carbonyl (C=O) groups is 10. The van der Waals surface area contributed by atoms with Gasteiger partial charge in [-0.25, -0.2) is 28.8 Å². The molecule has 1 aromatic carbocycles. The Labute approximate surface area is 492 Å². The molecule has 0 saturated carbocycles. The van der Waals surface area contributed by atoms with E-state index in [2.05, 4.69) is 37.2 Å². The van der Waals surface area contributed by atoms with Crippen molar-refractivity contribution in [3.8, 4) is 0 Å².